The summed E-state index contributed by atoms with van der Waals surface area (Å²) < 4.78 is 5.67. The van der Waals surface area contributed by atoms with E-state index in [0.717, 1.165) is 25.7 Å². The van der Waals surface area contributed by atoms with Crippen LogP contribution in [0.5, 0.6) is 5.75 Å². The zero-order chi connectivity index (χ0) is 13.1. The standard InChI is InChI=1S/C13H14N2O3/c1-9-6-12(15(16)17)13(7-10(9)8-14)18-11-4-2-3-5-11/h6-7,11H,2-5H2,1H3. The van der Waals surface area contributed by atoms with Gasteiger partial charge in [0.2, 0.25) is 0 Å². The van der Waals surface area contributed by atoms with Gasteiger partial charge in [0.1, 0.15) is 0 Å². The highest BCUT2D eigenvalue weighted by molar-refractivity contribution is 5.55. The molecule has 94 valence electrons. The molecule has 5 nitrogen and oxygen atoms in total. The lowest BCUT2D eigenvalue weighted by Gasteiger charge is -2.13. The van der Waals surface area contributed by atoms with Crippen LogP contribution >= 0.6 is 0 Å². The predicted molar refractivity (Wildman–Crippen MR) is 65.4 cm³/mol. The largest absolute Gasteiger partial charge is 0.483 e. The van der Waals surface area contributed by atoms with E-state index in [4.69, 9.17) is 10.00 Å². The summed E-state index contributed by atoms with van der Waals surface area (Å²) in [6.07, 6.45) is 4.07. The molecule has 1 saturated carbocycles. The second-order valence-corrected chi connectivity index (χ2v) is 4.53. The van der Waals surface area contributed by atoms with E-state index in [9.17, 15) is 10.1 Å². The molecule has 0 N–H and O–H groups in total. The van der Waals surface area contributed by atoms with Crippen LogP contribution in [0.4, 0.5) is 5.69 Å². The van der Waals surface area contributed by atoms with Crippen LogP contribution in [0, 0.1) is 28.4 Å². The third-order valence-electron chi connectivity index (χ3n) is 3.22. The molecule has 1 aromatic rings. The number of nitriles is 1. The van der Waals surface area contributed by atoms with Crippen molar-refractivity contribution in [3.63, 3.8) is 0 Å². The van der Waals surface area contributed by atoms with Crippen molar-refractivity contribution < 1.29 is 9.66 Å². The average molecular weight is 246 g/mol. The highest BCUT2D eigenvalue weighted by Gasteiger charge is 2.23. The summed E-state index contributed by atoms with van der Waals surface area (Å²) in [6, 6.07) is 4.91. The minimum Gasteiger partial charge on any atom is -0.483 e. The van der Waals surface area contributed by atoms with Gasteiger partial charge >= 0.3 is 5.69 Å². The van der Waals surface area contributed by atoms with E-state index in [1.54, 1.807) is 6.92 Å². The van der Waals surface area contributed by atoms with Gasteiger partial charge in [-0.2, -0.15) is 5.26 Å². The van der Waals surface area contributed by atoms with E-state index in [2.05, 4.69) is 0 Å². The maximum absolute atomic E-state index is 11.0. The van der Waals surface area contributed by atoms with Gasteiger partial charge in [-0.3, -0.25) is 10.1 Å². The Morgan fingerprint density at radius 2 is 2.11 bits per heavy atom. The summed E-state index contributed by atoms with van der Waals surface area (Å²) in [4.78, 5) is 10.5. The maximum Gasteiger partial charge on any atom is 0.311 e. The van der Waals surface area contributed by atoms with E-state index in [-0.39, 0.29) is 17.5 Å². The van der Waals surface area contributed by atoms with E-state index in [0.29, 0.717) is 11.1 Å². The van der Waals surface area contributed by atoms with Gasteiger partial charge in [0.05, 0.1) is 22.7 Å². The second-order valence-electron chi connectivity index (χ2n) is 4.53. The van der Waals surface area contributed by atoms with E-state index < -0.39 is 4.92 Å². The van der Waals surface area contributed by atoms with Gasteiger partial charge in [-0.05, 0) is 38.2 Å². The highest BCUT2D eigenvalue weighted by atomic mass is 16.6. The number of nitrogens with zero attached hydrogens (tertiary/aromatic N) is 2. The van der Waals surface area contributed by atoms with Crippen LogP contribution in [0.1, 0.15) is 36.8 Å². The number of nitro groups is 1. The third kappa shape index (κ3) is 2.43. The first-order chi connectivity index (χ1) is 8.61. The SMILES string of the molecule is Cc1cc([N+](=O)[O-])c(OC2CCCC2)cc1C#N. The fourth-order valence-corrected chi connectivity index (χ4v) is 2.22. The van der Waals surface area contributed by atoms with Gasteiger partial charge in [-0.15, -0.1) is 0 Å². The molecule has 1 aliphatic carbocycles. The van der Waals surface area contributed by atoms with Crippen LogP contribution in [-0.4, -0.2) is 11.0 Å². The van der Waals surface area contributed by atoms with Gasteiger partial charge in [-0.25, -0.2) is 0 Å². The van der Waals surface area contributed by atoms with Gasteiger partial charge in [-0.1, -0.05) is 0 Å². The molecule has 0 aliphatic heterocycles. The molecule has 0 atom stereocenters. The number of benzene rings is 1. The summed E-state index contributed by atoms with van der Waals surface area (Å²) >= 11 is 0. The zero-order valence-corrected chi connectivity index (χ0v) is 10.2. The zero-order valence-electron chi connectivity index (χ0n) is 10.2. The Labute approximate surface area is 105 Å². The Morgan fingerprint density at radius 3 is 2.67 bits per heavy atom. The molecule has 0 aromatic heterocycles. The van der Waals surface area contributed by atoms with Crippen molar-refractivity contribution in [3.05, 3.63) is 33.4 Å². The molecule has 0 radical (unpaired) electrons. The number of hydrogen-bond acceptors (Lipinski definition) is 4. The Balaban J connectivity index is 2.36. The normalized spacial score (nSPS) is 15.3. The Hall–Kier alpha value is -2.09. The quantitative estimate of drug-likeness (QED) is 0.606. The van der Waals surface area contributed by atoms with E-state index >= 15 is 0 Å². The fraction of sp³-hybridized carbons (Fsp3) is 0.462. The number of hydrogen-bond donors (Lipinski definition) is 0. The molecule has 2 rings (SSSR count). The number of ether oxygens (including phenoxy) is 1. The van der Waals surface area contributed by atoms with Crippen molar-refractivity contribution in [1.29, 1.82) is 5.26 Å². The third-order valence-corrected chi connectivity index (χ3v) is 3.22. The van der Waals surface area contributed by atoms with Crippen molar-refractivity contribution in [1.82, 2.24) is 0 Å². The molecule has 5 heteroatoms. The Bertz CT molecular complexity index is 514. The smallest absolute Gasteiger partial charge is 0.311 e. The molecule has 1 aliphatic rings. The lowest BCUT2D eigenvalue weighted by Crippen LogP contribution is -2.12. The summed E-state index contributed by atoms with van der Waals surface area (Å²) in [5.41, 5.74) is 0.968. The van der Waals surface area contributed by atoms with Crippen molar-refractivity contribution in [2.75, 3.05) is 0 Å². The van der Waals surface area contributed by atoms with Gasteiger partial charge < -0.3 is 4.74 Å². The van der Waals surface area contributed by atoms with Gasteiger partial charge in [0.15, 0.2) is 5.75 Å². The number of rotatable bonds is 3. The molecule has 18 heavy (non-hydrogen) atoms. The minimum atomic E-state index is -0.460. The van der Waals surface area contributed by atoms with E-state index in [1.165, 1.54) is 12.1 Å². The summed E-state index contributed by atoms with van der Waals surface area (Å²) in [6.45, 7) is 1.69. The molecule has 0 bridgehead atoms. The average Bonchev–Trinajstić information content (AvgIpc) is 2.83. The van der Waals surface area contributed by atoms with Crippen LogP contribution < -0.4 is 4.74 Å². The highest BCUT2D eigenvalue weighted by Crippen LogP contribution is 2.33. The second kappa shape index (κ2) is 5.05. The van der Waals surface area contributed by atoms with Crippen LogP contribution in [0.2, 0.25) is 0 Å². The molecule has 0 heterocycles. The van der Waals surface area contributed by atoms with Crippen molar-refractivity contribution in [2.24, 2.45) is 0 Å². The van der Waals surface area contributed by atoms with Crippen LogP contribution in [-0.2, 0) is 0 Å². The monoisotopic (exact) mass is 246 g/mol. The first-order valence-electron chi connectivity index (χ1n) is 5.97. The molecule has 1 fully saturated rings. The Morgan fingerprint density at radius 1 is 1.44 bits per heavy atom. The van der Waals surface area contributed by atoms with Crippen molar-refractivity contribution in [2.45, 2.75) is 38.7 Å². The molecular weight excluding hydrogens is 232 g/mol. The Kier molecular flexibility index (Phi) is 3.47. The predicted octanol–water partition coefficient (Wildman–Crippen LogP) is 3.10. The molecule has 0 saturated heterocycles. The van der Waals surface area contributed by atoms with Crippen molar-refractivity contribution in [3.8, 4) is 11.8 Å². The first-order valence-corrected chi connectivity index (χ1v) is 5.97. The molecular formula is C13H14N2O3. The minimum absolute atomic E-state index is 0.0398. The number of aryl methyl sites for hydroxylation is 1. The fourth-order valence-electron chi connectivity index (χ4n) is 2.22. The van der Waals surface area contributed by atoms with Crippen molar-refractivity contribution >= 4 is 5.69 Å². The van der Waals surface area contributed by atoms with E-state index in [1.807, 2.05) is 6.07 Å². The van der Waals surface area contributed by atoms with Gasteiger partial charge in [0, 0.05) is 12.1 Å². The maximum atomic E-state index is 11.0. The first kappa shape index (κ1) is 12.4. The topological polar surface area (TPSA) is 76.2 Å². The lowest BCUT2D eigenvalue weighted by molar-refractivity contribution is -0.386. The summed E-state index contributed by atoms with van der Waals surface area (Å²) in [5.74, 6) is 0.217. The summed E-state index contributed by atoms with van der Waals surface area (Å²) in [7, 11) is 0. The summed E-state index contributed by atoms with van der Waals surface area (Å²) in [5, 5.41) is 19.9. The van der Waals surface area contributed by atoms with Crippen LogP contribution in [0.25, 0.3) is 0 Å². The van der Waals surface area contributed by atoms with Crippen LogP contribution in [0.3, 0.4) is 0 Å². The molecule has 0 unspecified atom stereocenters. The molecule has 1 aromatic carbocycles. The molecule has 0 spiro atoms. The molecule has 0 amide bonds. The number of nitro benzene ring substituents is 1. The lowest BCUT2D eigenvalue weighted by atomic mass is 10.1. The van der Waals surface area contributed by atoms with Crippen LogP contribution in [0.15, 0.2) is 12.1 Å². The van der Waals surface area contributed by atoms with Gasteiger partial charge in [0.25, 0.3) is 0 Å².